The molecule has 2 N–H and O–H groups in total. The number of nitrogens with zero attached hydrogens (tertiary/aromatic N) is 4. The lowest BCUT2D eigenvalue weighted by Crippen LogP contribution is -2.38. The lowest BCUT2D eigenvalue weighted by atomic mass is 10.2. The maximum atomic E-state index is 6.05. The number of pyridine rings is 1. The van der Waals surface area contributed by atoms with Crippen LogP contribution in [0.2, 0.25) is 0 Å². The molecule has 0 bridgehead atoms. The number of hydrogen-bond donors (Lipinski definition) is 2. The Morgan fingerprint density at radius 1 is 1.06 bits per heavy atom. The Balaban J connectivity index is 1.29. The molecule has 0 atom stereocenters. The second-order valence-electron chi connectivity index (χ2n) is 8.11. The minimum absolute atomic E-state index is 0.587. The molecule has 174 valence electrons. The molecule has 2 aliphatic rings. The molecule has 0 radical (unpaired) electrons. The molecule has 0 unspecified atom stereocenters. The van der Waals surface area contributed by atoms with Gasteiger partial charge in [0.25, 0.3) is 0 Å². The molecular formula is C24H30N6O3. The first-order valence-corrected chi connectivity index (χ1v) is 11.5. The largest absolute Gasteiger partial charge is 0.476 e. The molecule has 0 spiro atoms. The number of fused-ring (bicyclic) bond motifs is 1. The average molecular weight is 451 g/mol. The zero-order valence-electron chi connectivity index (χ0n) is 18.7. The van der Waals surface area contributed by atoms with E-state index in [-0.39, 0.29) is 0 Å². The van der Waals surface area contributed by atoms with Gasteiger partial charge in [0.1, 0.15) is 6.61 Å². The van der Waals surface area contributed by atoms with Gasteiger partial charge in [0.05, 0.1) is 44.0 Å². The Morgan fingerprint density at radius 2 is 1.85 bits per heavy atom. The van der Waals surface area contributed by atoms with E-state index in [9.17, 15) is 0 Å². The van der Waals surface area contributed by atoms with Gasteiger partial charge in [-0.1, -0.05) is 18.2 Å². The fourth-order valence-corrected chi connectivity index (χ4v) is 4.09. The zero-order valence-corrected chi connectivity index (χ0v) is 18.7. The van der Waals surface area contributed by atoms with Crippen LogP contribution in [0.15, 0.2) is 47.7 Å². The highest BCUT2D eigenvalue weighted by Gasteiger charge is 2.15. The molecule has 2 saturated heterocycles. The zero-order chi connectivity index (χ0) is 22.3. The predicted molar refractivity (Wildman–Crippen MR) is 130 cm³/mol. The van der Waals surface area contributed by atoms with Crippen molar-refractivity contribution >= 4 is 28.5 Å². The highest BCUT2D eigenvalue weighted by Crippen LogP contribution is 2.24. The van der Waals surface area contributed by atoms with E-state index < -0.39 is 0 Å². The first kappa shape index (κ1) is 21.7. The summed E-state index contributed by atoms with van der Waals surface area (Å²) < 4.78 is 17.0. The number of aromatic amines is 1. The molecule has 0 saturated carbocycles. The number of anilines is 2. The van der Waals surface area contributed by atoms with Crippen LogP contribution in [0.1, 0.15) is 5.69 Å². The molecule has 9 nitrogen and oxygen atoms in total. The van der Waals surface area contributed by atoms with Gasteiger partial charge in [-0.3, -0.25) is 10.3 Å². The Bertz CT molecular complexity index is 1070. The second-order valence-corrected chi connectivity index (χ2v) is 8.11. The number of nitrogens with one attached hydrogen (secondary N) is 2. The Labute approximate surface area is 193 Å². The molecule has 3 aromatic rings. The lowest BCUT2D eigenvalue weighted by molar-refractivity contribution is 0.0320. The van der Waals surface area contributed by atoms with Gasteiger partial charge in [0.15, 0.2) is 0 Å². The SMILES string of the molecule is C(=N/Nc1c[nH]c2ccccc12)/c1cc(N2CCOCC2)cc(OCCN2CCOCC2)n1. The van der Waals surface area contributed by atoms with E-state index >= 15 is 0 Å². The summed E-state index contributed by atoms with van der Waals surface area (Å²) in [6.07, 6.45) is 3.65. The molecular weight excluding hydrogens is 420 g/mol. The summed E-state index contributed by atoms with van der Waals surface area (Å²) in [6, 6.07) is 12.2. The molecule has 2 aromatic heterocycles. The van der Waals surface area contributed by atoms with Crippen LogP contribution >= 0.6 is 0 Å². The maximum absolute atomic E-state index is 6.05. The smallest absolute Gasteiger partial charge is 0.215 e. The Morgan fingerprint density at radius 3 is 2.70 bits per heavy atom. The van der Waals surface area contributed by atoms with E-state index in [1.165, 1.54) is 0 Å². The fraction of sp³-hybridized carbons (Fsp3) is 0.417. The van der Waals surface area contributed by atoms with Gasteiger partial charge in [-0.25, -0.2) is 4.98 Å². The quantitative estimate of drug-likeness (QED) is 0.403. The van der Waals surface area contributed by atoms with Crippen molar-refractivity contribution in [2.75, 3.05) is 76.1 Å². The predicted octanol–water partition coefficient (Wildman–Crippen LogP) is 2.56. The molecule has 33 heavy (non-hydrogen) atoms. The number of hydrogen-bond acceptors (Lipinski definition) is 8. The van der Waals surface area contributed by atoms with Crippen LogP contribution in [-0.2, 0) is 9.47 Å². The summed E-state index contributed by atoms with van der Waals surface area (Å²) in [4.78, 5) is 12.6. The summed E-state index contributed by atoms with van der Waals surface area (Å²) >= 11 is 0. The van der Waals surface area contributed by atoms with Crippen molar-refractivity contribution in [1.29, 1.82) is 0 Å². The molecule has 0 amide bonds. The average Bonchev–Trinajstić information content (AvgIpc) is 3.28. The minimum atomic E-state index is 0.587. The highest BCUT2D eigenvalue weighted by atomic mass is 16.5. The van der Waals surface area contributed by atoms with Crippen LogP contribution in [0, 0.1) is 0 Å². The number of benzene rings is 1. The summed E-state index contributed by atoms with van der Waals surface area (Å²) in [5.41, 5.74) is 6.93. The van der Waals surface area contributed by atoms with Gasteiger partial charge in [0.2, 0.25) is 5.88 Å². The number of ether oxygens (including phenoxy) is 3. The van der Waals surface area contributed by atoms with E-state index in [2.05, 4.69) is 36.4 Å². The van der Waals surface area contributed by atoms with Crippen LogP contribution in [0.3, 0.4) is 0 Å². The van der Waals surface area contributed by atoms with E-state index in [1.807, 2.05) is 36.5 Å². The van der Waals surface area contributed by atoms with Gasteiger partial charge in [-0.15, -0.1) is 0 Å². The second kappa shape index (κ2) is 10.7. The lowest BCUT2D eigenvalue weighted by Gasteiger charge is -2.29. The molecule has 2 aliphatic heterocycles. The monoisotopic (exact) mass is 450 g/mol. The van der Waals surface area contributed by atoms with E-state index in [0.717, 1.165) is 87.1 Å². The number of rotatable bonds is 8. The minimum Gasteiger partial charge on any atom is -0.476 e. The van der Waals surface area contributed by atoms with Gasteiger partial charge in [-0.05, 0) is 12.1 Å². The molecule has 5 rings (SSSR count). The number of para-hydroxylation sites is 1. The summed E-state index contributed by atoms with van der Waals surface area (Å²) in [5.74, 6) is 0.612. The normalized spacial score (nSPS) is 17.6. The van der Waals surface area contributed by atoms with Crippen LogP contribution < -0.4 is 15.1 Å². The standard InChI is InChI=1S/C24H30N6O3/c1-2-4-22-21(3-1)23(18-25-22)28-26-17-19-15-20(30-8-12-32-13-9-30)16-24(27-19)33-14-7-29-5-10-31-11-6-29/h1-4,15-18,25,28H,5-14H2/b26-17-. The summed E-state index contributed by atoms with van der Waals surface area (Å²) in [7, 11) is 0. The number of aromatic nitrogens is 2. The molecule has 4 heterocycles. The van der Waals surface area contributed by atoms with E-state index in [0.29, 0.717) is 12.5 Å². The van der Waals surface area contributed by atoms with Gasteiger partial charge >= 0.3 is 0 Å². The third kappa shape index (κ3) is 5.62. The maximum Gasteiger partial charge on any atom is 0.215 e. The van der Waals surface area contributed by atoms with Crippen molar-refractivity contribution < 1.29 is 14.2 Å². The van der Waals surface area contributed by atoms with Gasteiger partial charge in [0, 0.05) is 61.6 Å². The molecule has 0 aliphatic carbocycles. The van der Waals surface area contributed by atoms with Crippen LogP contribution in [0.5, 0.6) is 5.88 Å². The number of morpholine rings is 2. The van der Waals surface area contributed by atoms with Crippen LogP contribution in [0.4, 0.5) is 11.4 Å². The molecule has 9 heteroatoms. The Hall–Kier alpha value is -3.14. The summed E-state index contributed by atoms with van der Waals surface area (Å²) in [5, 5.41) is 5.53. The first-order chi connectivity index (χ1) is 16.3. The van der Waals surface area contributed by atoms with Crippen LogP contribution in [-0.4, -0.2) is 86.8 Å². The van der Waals surface area contributed by atoms with Crippen molar-refractivity contribution in [3.63, 3.8) is 0 Å². The molecule has 2 fully saturated rings. The Kier molecular flexibility index (Phi) is 7.00. The molecule has 1 aromatic carbocycles. The van der Waals surface area contributed by atoms with Crippen molar-refractivity contribution in [3.05, 3.63) is 48.3 Å². The van der Waals surface area contributed by atoms with Crippen LogP contribution in [0.25, 0.3) is 10.9 Å². The fourth-order valence-electron chi connectivity index (χ4n) is 4.09. The van der Waals surface area contributed by atoms with Crippen molar-refractivity contribution in [3.8, 4) is 5.88 Å². The van der Waals surface area contributed by atoms with Crippen molar-refractivity contribution in [2.45, 2.75) is 0 Å². The van der Waals surface area contributed by atoms with E-state index in [1.54, 1.807) is 6.21 Å². The number of H-pyrrole nitrogens is 1. The van der Waals surface area contributed by atoms with Crippen molar-refractivity contribution in [2.24, 2.45) is 5.10 Å². The van der Waals surface area contributed by atoms with Gasteiger partial charge < -0.3 is 24.1 Å². The summed E-state index contributed by atoms with van der Waals surface area (Å²) in [6.45, 7) is 8.06. The third-order valence-electron chi connectivity index (χ3n) is 5.91. The van der Waals surface area contributed by atoms with Crippen molar-refractivity contribution in [1.82, 2.24) is 14.9 Å². The third-order valence-corrected chi connectivity index (χ3v) is 5.91. The highest BCUT2D eigenvalue weighted by molar-refractivity contribution is 5.92. The number of hydrazone groups is 1. The first-order valence-electron chi connectivity index (χ1n) is 11.5. The topological polar surface area (TPSA) is 87.2 Å². The van der Waals surface area contributed by atoms with Gasteiger partial charge in [-0.2, -0.15) is 5.10 Å². The van der Waals surface area contributed by atoms with E-state index in [4.69, 9.17) is 14.2 Å².